The maximum Gasteiger partial charge on any atom is 0.338 e. The molecule has 198 valence electrons. The molecule has 6 nitrogen and oxygen atoms in total. The van der Waals surface area contributed by atoms with Gasteiger partial charge in [0, 0.05) is 0 Å². The van der Waals surface area contributed by atoms with E-state index in [1.807, 2.05) is 67.6 Å². The van der Waals surface area contributed by atoms with E-state index in [4.69, 9.17) is 14.5 Å². The number of thiazole rings is 1. The van der Waals surface area contributed by atoms with Crippen LogP contribution in [0.15, 0.2) is 93.9 Å². The average Bonchev–Trinajstić information content (AvgIpc) is 3.25. The quantitative estimate of drug-likeness (QED) is 0.205. The fourth-order valence-corrected chi connectivity index (χ4v) is 6.19. The third-order valence-electron chi connectivity index (χ3n) is 6.30. The molecule has 1 aliphatic heterocycles. The van der Waals surface area contributed by atoms with Crippen molar-refractivity contribution in [2.45, 2.75) is 26.0 Å². The Hall–Kier alpha value is -3.57. The van der Waals surface area contributed by atoms with Gasteiger partial charge in [-0.25, -0.2) is 14.2 Å². The van der Waals surface area contributed by atoms with E-state index in [1.54, 1.807) is 10.6 Å². The molecule has 0 N–H and O–H groups in total. The summed E-state index contributed by atoms with van der Waals surface area (Å²) in [6.45, 7) is 2.17. The van der Waals surface area contributed by atoms with Gasteiger partial charge in [-0.05, 0) is 76.0 Å². The summed E-state index contributed by atoms with van der Waals surface area (Å²) in [7, 11) is 1.34. The van der Waals surface area contributed by atoms with Crippen LogP contribution in [0.2, 0.25) is 0 Å². The summed E-state index contributed by atoms with van der Waals surface area (Å²) in [4.78, 5) is 31.9. The van der Waals surface area contributed by atoms with Crippen LogP contribution >= 0.6 is 33.9 Å². The summed E-state index contributed by atoms with van der Waals surface area (Å²) >= 11 is 3.47. The van der Waals surface area contributed by atoms with Crippen LogP contribution in [0.5, 0.6) is 5.75 Å². The molecule has 0 radical (unpaired) electrons. The lowest BCUT2D eigenvalue weighted by atomic mass is 9.95. The van der Waals surface area contributed by atoms with Crippen LogP contribution in [0.3, 0.4) is 0 Å². The van der Waals surface area contributed by atoms with E-state index in [9.17, 15) is 14.0 Å². The minimum Gasteiger partial charge on any atom is -0.488 e. The Morgan fingerprint density at radius 2 is 1.92 bits per heavy atom. The standard InChI is InChI=1S/C30H24FIN2O4S/c1-3-23-26(29(36)37-2)27(20-9-5-4-6-10-20)34-28(35)25(39-30(34)33-23)16-18-12-13-24(22(32)15-18)38-17-19-8-7-11-21(31)14-19/h4-16,27H,3,17H2,1-2H3/b25-16-/t27-/m1/s1. The van der Waals surface area contributed by atoms with Gasteiger partial charge < -0.3 is 9.47 Å². The van der Waals surface area contributed by atoms with Crippen LogP contribution in [-0.4, -0.2) is 17.6 Å². The van der Waals surface area contributed by atoms with Crippen molar-refractivity contribution < 1.29 is 18.7 Å². The Labute approximate surface area is 241 Å². The largest absolute Gasteiger partial charge is 0.488 e. The van der Waals surface area contributed by atoms with Crippen molar-refractivity contribution in [3.8, 4) is 5.75 Å². The van der Waals surface area contributed by atoms with Gasteiger partial charge in [-0.1, -0.05) is 66.8 Å². The van der Waals surface area contributed by atoms with Crippen LogP contribution in [0.25, 0.3) is 6.08 Å². The summed E-state index contributed by atoms with van der Waals surface area (Å²) < 4.78 is 27.4. The van der Waals surface area contributed by atoms with Crippen molar-refractivity contribution in [2.75, 3.05) is 7.11 Å². The fourth-order valence-electron chi connectivity index (χ4n) is 4.48. The lowest BCUT2D eigenvalue weighted by Crippen LogP contribution is -2.40. The summed E-state index contributed by atoms with van der Waals surface area (Å²) in [6.07, 6.45) is 2.34. The topological polar surface area (TPSA) is 69.9 Å². The van der Waals surface area contributed by atoms with Crippen molar-refractivity contribution in [2.24, 2.45) is 4.99 Å². The highest BCUT2D eigenvalue weighted by molar-refractivity contribution is 14.1. The SMILES string of the molecule is CCC1=C(C(=O)OC)[C@@H](c2ccccc2)n2c(s/c(=C\c3ccc(OCc4cccc(F)c4)c(I)c3)c2=O)=N1. The van der Waals surface area contributed by atoms with Gasteiger partial charge in [0.05, 0.1) is 32.5 Å². The predicted molar refractivity (Wildman–Crippen MR) is 157 cm³/mol. The van der Waals surface area contributed by atoms with Gasteiger partial charge in [-0.3, -0.25) is 9.36 Å². The molecule has 2 heterocycles. The number of nitrogens with zero attached hydrogens (tertiary/aromatic N) is 2. The molecule has 0 bridgehead atoms. The summed E-state index contributed by atoms with van der Waals surface area (Å²) in [5.41, 5.74) is 3.12. The monoisotopic (exact) mass is 654 g/mol. The lowest BCUT2D eigenvalue weighted by molar-refractivity contribution is -0.136. The van der Waals surface area contributed by atoms with Crippen LogP contribution in [0, 0.1) is 9.39 Å². The first-order valence-corrected chi connectivity index (χ1v) is 14.1. The number of allylic oxidation sites excluding steroid dienone is 1. The maximum atomic E-state index is 13.7. The maximum absolute atomic E-state index is 13.7. The zero-order valence-electron chi connectivity index (χ0n) is 21.2. The third kappa shape index (κ3) is 5.60. The second-order valence-electron chi connectivity index (χ2n) is 8.81. The van der Waals surface area contributed by atoms with Crippen LogP contribution in [0.4, 0.5) is 4.39 Å². The fraction of sp³-hybridized carbons (Fsp3) is 0.167. The van der Waals surface area contributed by atoms with Crippen molar-refractivity contribution in [1.82, 2.24) is 4.57 Å². The zero-order chi connectivity index (χ0) is 27.5. The molecule has 1 atom stereocenters. The molecule has 9 heteroatoms. The number of ether oxygens (including phenoxy) is 2. The molecule has 4 aromatic rings. The van der Waals surface area contributed by atoms with Gasteiger partial charge >= 0.3 is 5.97 Å². The summed E-state index contributed by atoms with van der Waals surface area (Å²) in [5, 5.41) is 0. The Morgan fingerprint density at radius 1 is 1.13 bits per heavy atom. The van der Waals surface area contributed by atoms with Crippen molar-refractivity contribution in [1.29, 1.82) is 0 Å². The van der Waals surface area contributed by atoms with Gasteiger partial charge in [0.25, 0.3) is 5.56 Å². The highest BCUT2D eigenvalue weighted by Gasteiger charge is 2.33. The molecule has 3 aromatic carbocycles. The Kier molecular flexibility index (Phi) is 8.08. The molecule has 39 heavy (non-hydrogen) atoms. The van der Waals surface area contributed by atoms with E-state index in [-0.39, 0.29) is 18.0 Å². The van der Waals surface area contributed by atoms with Gasteiger partial charge in [0.15, 0.2) is 4.80 Å². The van der Waals surface area contributed by atoms with Crippen molar-refractivity contribution in [3.63, 3.8) is 0 Å². The van der Waals surface area contributed by atoms with Crippen LogP contribution < -0.4 is 19.6 Å². The second-order valence-corrected chi connectivity index (χ2v) is 11.0. The number of methoxy groups -OCH3 is 1. The van der Waals surface area contributed by atoms with Crippen LogP contribution in [0.1, 0.15) is 36.1 Å². The van der Waals surface area contributed by atoms with Gasteiger partial charge in [0.2, 0.25) is 0 Å². The normalized spacial score (nSPS) is 15.1. The molecule has 0 fully saturated rings. The van der Waals surface area contributed by atoms with Gasteiger partial charge in [-0.2, -0.15) is 0 Å². The minimum atomic E-state index is -0.634. The summed E-state index contributed by atoms with van der Waals surface area (Å²) in [6, 6.07) is 20.7. The van der Waals surface area contributed by atoms with Gasteiger partial charge in [0.1, 0.15) is 18.2 Å². The first-order chi connectivity index (χ1) is 18.9. The number of hydrogen-bond donors (Lipinski definition) is 0. The zero-order valence-corrected chi connectivity index (χ0v) is 24.2. The number of carbonyl (C=O) groups excluding carboxylic acids is 1. The number of fused-ring (bicyclic) bond motifs is 1. The minimum absolute atomic E-state index is 0.231. The number of halogens is 2. The first-order valence-electron chi connectivity index (χ1n) is 12.2. The molecular weight excluding hydrogens is 630 g/mol. The first kappa shape index (κ1) is 27.0. The highest BCUT2D eigenvalue weighted by atomic mass is 127. The molecule has 0 amide bonds. The summed E-state index contributed by atoms with van der Waals surface area (Å²) in [5.74, 6) is -0.137. The van der Waals surface area contributed by atoms with E-state index in [0.29, 0.717) is 32.8 Å². The van der Waals surface area contributed by atoms with Crippen molar-refractivity contribution in [3.05, 3.63) is 130 Å². The number of carbonyl (C=O) groups is 1. The average molecular weight is 655 g/mol. The molecule has 1 aromatic heterocycles. The highest BCUT2D eigenvalue weighted by Crippen LogP contribution is 2.31. The number of rotatable bonds is 7. The number of aromatic nitrogens is 1. The van der Waals surface area contributed by atoms with E-state index < -0.39 is 12.0 Å². The number of hydrogen-bond acceptors (Lipinski definition) is 6. The van der Waals surface area contributed by atoms with E-state index in [0.717, 1.165) is 20.3 Å². The predicted octanol–water partition coefficient (Wildman–Crippen LogP) is 5.12. The van der Waals surface area contributed by atoms with Gasteiger partial charge in [-0.15, -0.1) is 0 Å². The molecular formula is C30H24FIN2O4S. The number of benzene rings is 3. The number of esters is 1. The van der Waals surface area contributed by atoms with Crippen LogP contribution in [-0.2, 0) is 16.1 Å². The Balaban J connectivity index is 1.53. The second kappa shape index (κ2) is 11.7. The molecule has 1 aliphatic rings. The molecule has 5 rings (SSSR count). The Bertz CT molecular complexity index is 1760. The Morgan fingerprint density at radius 3 is 2.62 bits per heavy atom. The molecule has 0 saturated heterocycles. The van der Waals surface area contributed by atoms with E-state index in [1.165, 1.54) is 30.6 Å². The lowest BCUT2D eigenvalue weighted by Gasteiger charge is -2.25. The van der Waals surface area contributed by atoms with Crippen molar-refractivity contribution >= 4 is 46.0 Å². The molecule has 0 spiro atoms. The molecule has 0 saturated carbocycles. The smallest absolute Gasteiger partial charge is 0.338 e. The van der Waals surface area contributed by atoms with E-state index in [2.05, 4.69) is 22.6 Å². The third-order valence-corrected chi connectivity index (χ3v) is 8.13. The molecule has 0 unspecified atom stereocenters. The van der Waals surface area contributed by atoms with E-state index >= 15 is 0 Å². The molecule has 0 aliphatic carbocycles.